The Bertz CT molecular complexity index is 1230. The number of hydrogen-bond acceptors (Lipinski definition) is 4. The van der Waals surface area contributed by atoms with Gasteiger partial charge < -0.3 is 15.5 Å². The first kappa shape index (κ1) is 22.8. The van der Waals surface area contributed by atoms with Crippen molar-refractivity contribution < 1.29 is 14.0 Å². The minimum atomic E-state index is -1.23. The zero-order chi connectivity index (χ0) is 23.9. The fourth-order valence-electron chi connectivity index (χ4n) is 3.70. The van der Waals surface area contributed by atoms with Crippen molar-refractivity contribution in [2.75, 3.05) is 10.2 Å². The van der Waals surface area contributed by atoms with Gasteiger partial charge in [-0.3, -0.25) is 14.3 Å². The van der Waals surface area contributed by atoms with Crippen LogP contribution in [0.3, 0.4) is 0 Å². The lowest BCUT2D eigenvalue weighted by Gasteiger charge is -2.30. The number of nitrogens with one attached hydrogen (secondary N) is 2. The van der Waals surface area contributed by atoms with E-state index >= 15 is 0 Å². The molecule has 0 radical (unpaired) electrons. The van der Waals surface area contributed by atoms with Crippen molar-refractivity contribution in [2.45, 2.75) is 33.4 Å². The Kier molecular flexibility index (Phi) is 5.88. The van der Waals surface area contributed by atoms with Crippen molar-refractivity contribution >= 4 is 40.6 Å². The highest BCUT2D eigenvalue weighted by Crippen LogP contribution is 2.39. The molecule has 2 aromatic carbocycles. The summed E-state index contributed by atoms with van der Waals surface area (Å²) >= 11 is 6.37. The first-order valence-electron chi connectivity index (χ1n) is 10.5. The number of carbonyl (C=O) groups is 2. The predicted octanol–water partition coefficient (Wildman–Crippen LogP) is 4.71. The number of aryl methyl sites for hydroxylation is 1. The summed E-state index contributed by atoms with van der Waals surface area (Å²) in [5.41, 5.74) is 1.19. The number of fused-ring (bicyclic) bond motifs is 2. The molecule has 1 aliphatic rings. The maximum Gasteiger partial charge on any atom is 0.254 e. The molecule has 0 fully saturated rings. The van der Waals surface area contributed by atoms with Crippen molar-refractivity contribution in [1.29, 1.82) is 0 Å². The van der Waals surface area contributed by atoms with Gasteiger partial charge in [-0.2, -0.15) is 5.10 Å². The molecule has 1 aliphatic heterocycles. The fourth-order valence-corrected chi connectivity index (χ4v) is 3.96. The summed E-state index contributed by atoms with van der Waals surface area (Å²) in [6.45, 7) is 5.30. The Morgan fingerprint density at radius 3 is 2.52 bits per heavy atom. The number of para-hydroxylation sites is 2. The predicted molar refractivity (Wildman–Crippen MR) is 126 cm³/mol. The van der Waals surface area contributed by atoms with Gasteiger partial charge in [-0.25, -0.2) is 4.39 Å². The van der Waals surface area contributed by atoms with Crippen molar-refractivity contribution in [3.8, 4) is 0 Å². The molecule has 9 heteroatoms. The standard InChI is InChI=1S/C24H25ClFN5O2/c1-24(2,3)23(33)28-19(14-9-5-6-10-16(14)26)22(32)31-13-15-20(25)29-30(4)21(15)27-17-11-7-8-12-18(17)31/h5-12,19,27H,13H2,1-4H3,(H,28,33). The molecule has 2 N–H and O–H groups in total. The van der Waals surface area contributed by atoms with E-state index in [4.69, 9.17) is 11.6 Å². The highest BCUT2D eigenvalue weighted by Gasteiger charge is 2.36. The van der Waals surface area contributed by atoms with Gasteiger partial charge in [-0.05, 0) is 18.2 Å². The van der Waals surface area contributed by atoms with E-state index < -0.39 is 23.2 Å². The molecular weight excluding hydrogens is 445 g/mol. The molecule has 172 valence electrons. The minimum absolute atomic E-state index is 0.0901. The maximum atomic E-state index is 14.8. The Hall–Kier alpha value is -3.39. The molecule has 1 aromatic heterocycles. The van der Waals surface area contributed by atoms with Crippen LogP contribution in [0, 0.1) is 11.2 Å². The van der Waals surface area contributed by atoms with Crippen LogP contribution in [0.1, 0.15) is 37.9 Å². The van der Waals surface area contributed by atoms with Crippen LogP contribution in [0.5, 0.6) is 0 Å². The summed E-state index contributed by atoms with van der Waals surface area (Å²) in [6.07, 6.45) is 0. The van der Waals surface area contributed by atoms with E-state index in [0.29, 0.717) is 22.8 Å². The second-order valence-corrected chi connectivity index (χ2v) is 9.34. The highest BCUT2D eigenvalue weighted by atomic mass is 35.5. The Balaban J connectivity index is 1.83. The smallest absolute Gasteiger partial charge is 0.254 e. The van der Waals surface area contributed by atoms with Crippen LogP contribution in [0.15, 0.2) is 48.5 Å². The summed E-state index contributed by atoms with van der Waals surface area (Å²) in [7, 11) is 1.75. The number of amides is 2. The van der Waals surface area contributed by atoms with E-state index in [1.54, 1.807) is 50.7 Å². The fraction of sp³-hybridized carbons (Fsp3) is 0.292. The van der Waals surface area contributed by atoms with Gasteiger partial charge in [0.25, 0.3) is 5.91 Å². The van der Waals surface area contributed by atoms with E-state index in [9.17, 15) is 14.0 Å². The number of anilines is 3. The molecule has 4 rings (SSSR count). The summed E-state index contributed by atoms with van der Waals surface area (Å²) in [4.78, 5) is 28.4. The average Bonchev–Trinajstić information content (AvgIpc) is 2.93. The van der Waals surface area contributed by atoms with Gasteiger partial charge in [0.05, 0.1) is 23.5 Å². The van der Waals surface area contributed by atoms with E-state index in [1.165, 1.54) is 17.0 Å². The molecule has 0 spiro atoms. The maximum absolute atomic E-state index is 14.8. The molecule has 1 unspecified atom stereocenters. The van der Waals surface area contributed by atoms with Crippen LogP contribution >= 0.6 is 11.6 Å². The van der Waals surface area contributed by atoms with E-state index in [2.05, 4.69) is 15.7 Å². The number of nitrogens with zero attached hydrogens (tertiary/aromatic N) is 3. The zero-order valence-electron chi connectivity index (χ0n) is 18.8. The zero-order valence-corrected chi connectivity index (χ0v) is 19.6. The lowest BCUT2D eigenvalue weighted by Crippen LogP contribution is -2.46. The lowest BCUT2D eigenvalue weighted by atomic mass is 9.94. The second-order valence-electron chi connectivity index (χ2n) is 8.99. The van der Waals surface area contributed by atoms with Crippen molar-refractivity contribution in [3.63, 3.8) is 0 Å². The molecule has 0 saturated heterocycles. The molecule has 0 bridgehead atoms. The molecule has 1 atom stereocenters. The molecule has 2 heterocycles. The SMILES string of the molecule is Cn1nc(Cl)c2c1Nc1ccccc1N(C(=O)C(NC(=O)C(C)(C)C)c1ccccc1F)C2. The van der Waals surface area contributed by atoms with Crippen LogP contribution in [-0.4, -0.2) is 21.6 Å². The second kappa shape index (κ2) is 8.51. The van der Waals surface area contributed by atoms with Crippen LogP contribution in [0.25, 0.3) is 0 Å². The molecule has 0 saturated carbocycles. The van der Waals surface area contributed by atoms with E-state index in [0.717, 1.165) is 0 Å². The van der Waals surface area contributed by atoms with Gasteiger partial charge in [0, 0.05) is 18.0 Å². The van der Waals surface area contributed by atoms with Crippen molar-refractivity contribution in [3.05, 3.63) is 70.6 Å². The van der Waals surface area contributed by atoms with Gasteiger partial charge >= 0.3 is 0 Å². The van der Waals surface area contributed by atoms with Crippen LogP contribution < -0.4 is 15.5 Å². The molecule has 7 nitrogen and oxygen atoms in total. The van der Waals surface area contributed by atoms with Crippen LogP contribution in [0.2, 0.25) is 5.15 Å². The Morgan fingerprint density at radius 2 is 1.82 bits per heavy atom. The highest BCUT2D eigenvalue weighted by molar-refractivity contribution is 6.30. The van der Waals surface area contributed by atoms with Gasteiger partial charge in [0.1, 0.15) is 17.7 Å². The van der Waals surface area contributed by atoms with E-state index in [-0.39, 0.29) is 23.2 Å². The summed E-state index contributed by atoms with van der Waals surface area (Å²) < 4.78 is 16.4. The average molecular weight is 470 g/mol. The molecule has 33 heavy (non-hydrogen) atoms. The number of carbonyl (C=O) groups excluding carboxylic acids is 2. The summed E-state index contributed by atoms with van der Waals surface area (Å²) in [6, 6.07) is 12.0. The molecule has 3 aromatic rings. The lowest BCUT2D eigenvalue weighted by molar-refractivity contribution is -0.132. The third kappa shape index (κ3) is 4.30. The van der Waals surface area contributed by atoms with Gasteiger partial charge in [0.2, 0.25) is 5.91 Å². The van der Waals surface area contributed by atoms with Gasteiger partial charge in [-0.15, -0.1) is 0 Å². The molecule has 0 aliphatic carbocycles. The Morgan fingerprint density at radius 1 is 1.15 bits per heavy atom. The van der Waals surface area contributed by atoms with Gasteiger partial charge in [-0.1, -0.05) is 62.7 Å². The van der Waals surface area contributed by atoms with Crippen molar-refractivity contribution in [1.82, 2.24) is 15.1 Å². The van der Waals surface area contributed by atoms with Gasteiger partial charge in [0.15, 0.2) is 5.15 Å². The third-order valence-corrected chi connectivity index (χ3v) is 5.85. The van der Waals surface area contributed by atoms with Crippen molar-refractivity contribution in [2.24, 2.45) is 12.5 Å². The largest absolute Gasteiger partial charge is 0.340 e. The number of halogens is 2. The quantitative estimate of drug-likeness (QED) is 0.582. The monoisotopic (exact) mass is 469 g/mol. The first-order valence-corrected chi connectivity index (χ1v) is 10.9. The molecule has 2 amide bonds. The number of hydrogen-bond donors (Lipinski definition) is 2. The van der Waals surface area contributed by atoms with Crippen LogP contribution in [0.4, 0.5) is 21.6 Å². The molecular formula is C24H25ClFN5O2. The van der Waals surface area contributed by atoms with Crippen LogP contribution in [-0.2, 0) is 23.2 Å². The number of rotatable bonds is 3. The first-order chi connectivity index (χ1) is 15.6. The Labute approximate surface area is 196 Å². The topological polar surface area (TPSA) is 79.3 Å². The normalized spacial score (nSPS) is 13.9. The van der Waals surface area contributed by atoms with E-state index in [1.807, 2.05) is 18.2 Å². The number of benzene rings is 2. The number of aromatic nitrogens is 2. The third-order valence-electron chi connectivity index (χ3n) is 5.55. The summed E-state index contributed by atoms with van der Waals surface area (Å²) in [5.74, 6) is -0.777. The minimum Gasteiger partial charge on any atom is -0.340 e. The summed E-state index contributed by atoms with van der Waals surface area (Å²) in [5, 5.41) is 10.6.